The van der Waals surface area contributed by atoms with Crippen molar-refractivity contribution >= 4 is 21.5 Å². The topological polar surface area (TPSA) is 13.1 Å². The van der Waals surface area contributed by atoms with Crippen LogP contribution in [0, 0.1) is 25.7 Å². The number of ether oxygens (including phenoxy) is 1. The molecule has 1 aliphatic heterocycles. The van der Waals surface area contributed by atoms with Gasteiger partial charge in [0.15, 0.2) is 6.20 Å². The normalized spacial score (nSPS) is 15.4. The lowest BCUT2D eigenvalue weighted by molar-refractivity contribution is -0.659. The quantitative estimate of drug-likeness (QED) is 0.252. The standard InChI is InChI=1S/C32H36NO/c1-19(2)14-27-26-15-20(3)10-11-25(26)21(4)29-31-30-24(12-13-33(31)5)17-23(16-22-8-6-7-9-22)18-28(30)34-32(27)29/h10-13,15,17-19,22H,6-9,14,16H2,1-5H3/q+1. The molecule has 2 heteroatoms. The highest BCUT2D eigenvalue weighted by molar-refractivity contribution is 6.06. The number of nitrogens with zero attached hydrogens (tertiary/aromatic N) is 1. The van der Waals surface area contributed by atoms with Gasteiger partial charge in [0.1, 0.15) is 18.5 Å². The molecule has 0 N–H and O–H groups in total. The molecule has 0 unspecified atom stereocenters. The summed E-state index contributed by atoms with van der Waals surface area (Å²) in [5.41, 5.74) is 7.98. The molecular weight excluding hydrogens is 414 g/mol. The van der Waals surface area contributed by atoms with Crippen molar-refractivity contribution in [3.8, 4) is 22.8 Å². The van der Waals surface area contributed by atoms with Gasteiger partial charge in [-0.25, -0.2) is 4.57 Å². The molecule has 0 radical (unpaired) electrons. The smallest absolute Gasteiger partial charge is 0.228 e. The van der Waals surface area contributed by atoms with Gasteiger partial charge in [-0.2, -0.15) is 0 Å². The maximum absolute atomic E-state index is 6.96. The molecule has 0 saturated heterocycles. The number of benzene rings is 3. The van der Waals surface area contributed by atoms with Crippen LogP contribution in [0.2, 0.25) is 0 Å². The Labute approximate surface area is 203 Å². The Morgan fingerprint density at radius 1 is 1.00 bits per heavy atom. The predicted octanol–water partition coefficient (Wildman–Crippen LogP) is 8.14. The van der Waals surface area contributed by atoms with E-state index < -0.39 is 0 Å². The highest BCUT2D eigenvalue weighted by Gasteiger charge is 2.33. The Morgan fingerprint density at radius 3 is 2.56 bits per heavy atom. The van der Waals surface area contributed by atoms with Gasteiger partial charge >= 0.3 is 0 Å². The number of hydrogen-bond donors (Lipinski definition) is 0. The van der Waals surface area contributed by atoms with E-state index in [1.165, 1.54) is 87.2 Å². The molecule has 2 aliphatic rings. The van der Waals surface area contributed by atoms with E-state index >= 15 is 0 Å². The van der Waals surface area contributed by atoms with Gasteiger partial charge in [-0.1, -0.05) is 69.4 Å². The van der Waals surface area contributed by atoms with E-state index in [9.17, 15) is 0 Å². The van der Waals surface area contributed by atoms with Gasteiger partial charge in [0.2, 0.25) is 5.69 Å². The molecule has 0 amide bonds. The average Bonchev–Trinajstić information content (AvgIpc) is 3.31. The molecule has 1 aliphatic carbocycles. The first-order valence-electron chi connectivity index (χ1n) is 13.1. The lowest BCUT2D eigenvalue weighted by Gasteiger charge is -2.26. The zero-order chi connectivity index (χ0) is 23.6. The van der Waals surface area contributed by atoms with Crippen molar-refractivity contribution < 1.29 is 9.30 Å². The molecule has 0 bridgehead atoms. The second-order valence-corrected chi connectivity index (χ2v) is 11.2. The fourth-order valence-corrected chi connectivity index (χ4v) is 6.50. The van der Waals surface area contributed by atoms with Crippen molar-refractivity contribution in [3.63, 3.8) is 0 Å². The van der Waals surface area contributed by atoms with Crippen LogP contribution in [0.15, 0.2) is 42.6 Å². The number of pyridine rings is 1. The molecule has 3 aromatic carbocycles. The van der Waals surface area contributed by atoms with Crippen LogP contribution in [0.1, 0.15) is 61.8 Å². The lowest BCUT2D eigenvalue weighted by atomic mass is 9.85. The van der Waals surface area contributed by atoms with Crippen LogP contribution in [0.4, 0.5) is 0 Å². The van der Waals surface area contributed by atoms with E-state index in [0.717, 1.165) is 23.8 Å². The number of rotatable bonds is 4. The van der Waals surface area contributed by atoms with Crippen LogP contribution in [0.5, 0.6) is 11.5 Å². The van der Waals surface area contributed by atoms with Gasteiger partial charge in [-0.15, -0.1) is 0 Å². The zero-order valence-electron chi connectivity index (χ0n) is 21.3. The van der Waals surface area contributed by atoms with Crippen LogP contribution in [-0.2, 0) is 19.9 Å². The third-order valence-corrected chi connectivity index (χ3v) is 8.10. The molecule has 2 heterocycles. The molecule has 6 rings (SSSR count). The molecule has 1 saturated carbocycles. The first kappa shape index (κ1) is 21.6. The summed E-state index contributed by atoms with van der Waals surface area (Å²) in [5.74, 6) is 3.50. The Kier molecular flexibility index (Phi) is 5.17. The number of aryl methyl sites for hydroxylation is 3. The molecule has 1 fully saturated rings. The first-order valence-corrected chi connectivity index (χ1v) is 13.1. The molecule has 0 spiro atoms. The molecule has 1 aromatic heterocycles. The van der Waals surface area contributed by atoms with E-state index in [1.54, 1.807) is 0 Å². The van der Waals surface area contributed by atoms with Crippen molar-refractivity contribution in [1.82, 2.24) is 0 Å². The zero-order valence-corrected chi connectivity index (χ0v) is 21.3. The molecule has 4 aromatic rings. The Balaban J connectivity index is 1.65. The van der Waals surface area contributed by atoms with Crippen molar-refractivity contribution in [1.29, 1.82) is 0 Å². The second kappa shape index (κ2) is 8.12. The summed E-state index contributed by atoms with van der Waals surface area (Å²) in [6.45, 7) is 9.09. The largest absolute Gasteiger partial charge is 0.455 e. The summed E-state index contributed by atoms with van der Waals surface area (Å²) in [5, 5.41) is 5.27. The summed E-state index contributed by atoms with van der Waals surface area (Å²) in [6, 6.07) is 13.9. The third-order valence-electron chi connectivity index (χ3n) is 8.10. The number of aromatic nitrogens is 1. The Hall–Kier alpha value is -2.87. The summed E-state index contributed by atoms with van der Waals surface area (Å²) in [4.78, 5) is 0. The molecule has 174 valence electrons. The summed E-state index contributed by atoms with van der Waals surface area (Å²) >= 11 is 0. The molecule has 0 atom stereocenters. The maximum Gasteiger partial charge on any atom is 0.228 e. The fraction of sp³-hybridized carbons (Fsp3) is 0.406. The fourth-order valence-electron chi connectivity index (χ4n) is 6.50. The summed E-state index contributed by atoms with van der Waals surface area (Å²) < 4.78 is 9.26. The highest BCUT2D eigenvalue weighted by Crippen LogP contribution is 2.51. The van der Waals surface area contributed by atoms with Crippen LogP contribution in [0.3, 0.4) is 0 Å². The van der Waals surface area contributed by atoms with E-state index in [0.29, 0.717) is 5.92 Å². The van der Waals surface area contributed by atoms with Crippen molar-refractivity contribution in [2.45, 2.75) is 66.2 Å². The Bertz CT molecular complexity index is 1440. The molecular formula is C32H36NO+. The summed E-state index contributed by atoms with van der Waals surface area (Å²) in [6.07, 6.45) is 9.93. The van der Waals surface area contributed by atoms with Crippen LogP contribution >= 0.6 is 0 Å². The van der Waals surface area contributed by atoms with E-state index in [1.807, 2.05) is 0 Å². The highest BCUT2D eigenvalue weighted by atomic mass is 16.5. The van der Waals surface area contributed by atoms with Crippen molar-refractivity contribution in [2.75, 3.05) is 0 Å². The minimum absolute atomic E-state index is 0.554. The van der Waals surface area contributed by atoms with Crippen LogP contribution in [-0.4, -0.2) is 0 Å². The van der Waals surface area contributed by atoms with Crippen molar-refractivity contribution in [3.05, 3.63) is 64.8 Å². The van der Waals surface area contributed by atoms with Gasteiger partial charge < -0.3 is 4.74 Å². The minimum Gasteiger partial charge on any atom is -0.455 e. The third kappa shape index (κ3) is 3.42. The predicted molar refractivity (Wildman–Crippen MR) is 142 cm³/mol. The maximum atomic E-state index is 6.96. The van der Waals surface area contributed by atoms with Gasteiger partial charge in [-0.3, -0.25) is 0 Å². The average molecular weight is 451 g/mol. The molecule has 34 heavy (non-hydrogen) atoms. The lowest BCUT2D eigenvalue weighted by Crippen LogP contribution is -2.32. The molecule has 2 nitrogen and oxygen atoms in total. The van der Waals surface area contributed by atoms with E-state index in [2.05, 4.69) is 81.9 Å². The second-order valence-electron chi connectivity index (χ2n) is 11.2. The van der Waals surface area contributed by atoms with Gasteiger partial charge in [0.25, 0.3) is 0 Å². The minimum atomic E-state index is 0.554. The Morgan fingerprint density at radius 2 is 1.79 bits per heavy atom. The monoisotopic (exact) mass is 450 g/mol. The van der Waals surface area contributed by atoms with Gasteiger partial charge in [0.05, 0.1) is 10.9 Å². The van der Waals surface area contributed by atoms with E-state index in [-0.39, 0.29) is 0 Å². The number of fused-ring (bicyclic) bond motifs is 3. The van der Waals surface area contributed by atoms with Crippen LogP contribution in [0.25, 0.3) is 32.8 Å². The SMILES string of the molecule is Cc1ccc2c(C)c3c(c(CC(C)C)c2c1)Oc1cc(CC2CCCC2)cc2cc[n+](C)c-3c12. The van der Waals surface area contributed by atoms with Gasteiger partial charge in [-0.05, 0) is 71.9 Å². The van der Waals surface area contributed by atoms with Gasteiger partial charge in [0, 0.05) is 11.6 Å². The first-order chi connectivity index (χ1) is 16.4. The summed E-state index contributed by atoms with van der Waals surface area (Å²) in [7, 11) is 2.18. The van der Waals surface area contributed by atoms with Crippen LogP contribution < -0.4 is 9.30 Å². The number of hydrogen-bond acceptors (Lipinski definition) is 1. The van der Waals surface area contributed by atoms with Crippen molar-refractivity contribution in [2.24, 2.45) is 18.9 Å². The van der Waals surface area contributed by atoms with E-state index in [4.69, 9.17) is 4.74 Å².